The number of furan rings is 1. The zero-order chi connectivity index (χ0) is 10.1. The molecule has 1 aliphatic rings. The summed E-state index contributed by atoms with van der Waals surface area (Å²) < 4.78 is 5.44. The third kappa shape index (κ3) is 1.53. The molecule has 0 aromatic carbocycles. The number of nitrogens with one attached hydrogen (secondary N) is 1. The summed E-state index contributed by atoms with van der Waals surface area (Å²) in [5, 5.41) is 12.0. The molecule has 1 saturated heterocycles. The zero-order valence-corrected chi connectivity index (χ0v) is 7.99. The maximum absolute atomic E-state index is 10.9. The first-order valence-corrected chi connectivity index (χ1v) is 4.68. The van der Waals surface area contributed by atoms with Crippen molar-refractivity contribution in [3.05, 3.63) is 23.7 Å². The number of aliphatic carboxylic acids is 1. The monoisotopic (exact) mass is 195 g/mol. The Morgan fingerprint density at radius 3 is 2.93 bits per heavy atom. The van der Waals surface area contributed by atoms with Gasteiger partial charge in [0.15, 0.2) is 0 Å². The molecule has 2 heterocycles. The lowest BCUT2D eigenvalue weighted by Gasteiger charge is -2.11. The van der Waals surface area contributed by atoms with Crippen molar-refractivity contribution < 1.29 is 14.3 Å². The van der Waals surface area contributed by atoms with Gasteiger partial charge in [0.05, 0.1) is 5.92 Å². The highest BCUT2D eigenvalue weighted by atomic mass is 16.4. The largest absolute Gasteiger partial charge is 0.481 e. The summed E-state index contributed by atoms with van der Waals surface area (Å²) in [5.41, 5.74) is 0. The fraction of sp³-hybridized carbons (Fsp3) is 0.500. The van der Waals surface area contributed by atoms with Gasteiger partial charge >= 0.3 is 5.97 Å². The Kier molecular flexibility index (Phi) is 2.29. The highest BCUT2D eigenvalue weighted by molar-refractivity contribution is 5.72. The molecule has 0 unspecified atom stereocenters. The Labute approximate surface area is 81.9 Å². The minimum atomic E-state index is -0.756. The van der Waals surface area contributed by atoms with Gasteiger partial charge in [-0.1, -0.05) is 0 Å². The van der Waals surface area contributed by atoms with Gasteiger partial charge in [0.1, 0.15) is 11.5 Å². The van der Waals surface area contributed by atoms with E-state index in [9.17, 15) is 4.79 Å². The van der Waals surface area contributed by atoms with Crippen LogP contribution in [0.3, 0.4) is 0 Å². The van der Waals surface area contributed by atoms with Gasteiger partial charge < -0.3 is 14.8 Å². The van der Waals surface area contributed by atoms with Crippen LogP contribution in [0.1, 0.15) is 17.4 Å². The van der Waals surface area contributed by atoms with E-state index in [1.54, 1.807) is 0 Å². The maximum atomic E-state index is 10.9. The molecule has 1 aromatic rings. The van der Waals surface area contributed by atoms with E-state index in [2.05, 4.69) is 5.32 Å². The molecule has 4 nitrogen and oxygen atoms in total. The van der Waals surface area contributed by atoms with Crippen LogP contribution in [0.15, 0.2) is 16.5 Å². The first kappa shape index (κ1) is 9.27. The Hall–Kier alpha value is -1.29. The van der Waals surface area contributed by atoms with Crippen molar-refractivity contribution in [1.29, 1.82) is 0 Å². The van der Waals surface area contributed by atoms with E-state index in [4.69, 9.17) is 9.52 Å². The molecule has 1 aromatic heterocycles. The second-order valence-electron chi connectivity index (χ2n) is 3.66. The normalized spacial score (nSPS) is 26.6. The van der Waals surface area contributed by atoms with Crippen molar-refractivity contribution in [3.8, 4) is 0 Å². The van der Waals surface area contributed by atoms with Gasteiger partial charge in [0.2, 0.25) is 0 Å². The van der Waals surface area contributed by atoms with Gasteiger partial charge in [-0.3, -0.25) is 4.79 Å². The number of aryl methyl sites for hydroxylation is 1. The van der Waals surface area contributed by atoms with E-state index in [1.807, 2.05) is 19.1 Å². The lowest BCUT2D eigenvalue weighted by molar-refractivity contribution is -0.141. The van der Waals surface area contributed by atoms with Crippen molar-refractivity contribution >= 4 is 5.97 Å². The minimum absolute atomic E-state index is 0.0267. The Balaban J connectivity index is 2.21. The fourth-order valence-corrected chi connectivity index (χ4v) is 1.89. The van der Waals surface area contributed by atoms with Crippen LogP contribution in [-0.4, -0.2) is 24.2 Å². The molecule has 14 heavy (non-hydrogen) atoms. The quantitative estimate of drug-likeness (QED) is 0.738. The number of rotatable bonds is 2. The summed E-state index contributed by atoms with van der Waals surface area (Å²) in [6.45, 7) is 3.07. The summed E-state index contributed by atoms with van der Waals surface area (Å²) in [6, 6.07) is 3.73. The van der Waals surface area contributed by atoms with E-state index in [-0.39, 0.29) is 11.8 Å². The van der Waals surface area contributed by atoms with Crippen molar-refractivity contribution in [3.63, 3.8) is 0 Å². The maximum Gasteiger partial charge on any atom is 0.308 e. The minimum Gasteiger partial charge on any atom is -0.481 e. The molecule has 0 saturated carbocycles. The summed E-state index contributed by atoms with van der Waals surface area (Å²) in [4.78, 5) is 10.9. The van der Waals surface area contributed by atoms with Gasteiger partial charge in [-0.15, -0.1) is 0 Å². The van der Waals surface area contributed by atoms with Crippen LogP contribution in [0.5, 0.6) is 0 Å². The number of hydrogen-bond donors (Lipinski definition) is 2. The highest BCUT2D eigenvalue weighted by Crippen LogP contribution is 2.29. The van der Waals surface area contributed by atoms with Crippen molar-refractivity contribution in [2.24, 2.45) is 5.92 Å². The van der Waals surface area contributed by atoms with Crippen molar-refractivity contribution in [2.45, 2.75) is 12.8 Å². The lowest BCUT2D eigenvalue weighted by atomic mass is 9.94. The zero-order valence-electron chi connectivity index (χ0n) is 7.99. The summed E-state index contributed by atoms with van der Waals surface area (Å²) >= 11 is 0. The van der Waals surface area contributed by atoms with Crippen LogP contribution in [0, 0.1) is 12.8 Å². The van der Waals surface area contributed by atoms with Crippen LogP contribution < -0.4 is 5.32 Å². The predicted octanol–water partition coefficient (Wildman–Crippen LogP) is 0.976. The molecular weight excluding hydrogens is 182 g/mol. The second-order valence-corrected chi connectivity index (χ2v) is 3.66. The highest BCUT2D eigenvalue weighted by Gasteiger charge is 2.35. The predicted molar refractivity (Wildman–Crippen MR) is 50.2 cm³/mol. The smallest absolute Gasteiger partial charge is 0.308 e. The average molecular weight is 195 g/mol. The summed E-state index contributed by atoms with van der Waals surface area (Å²) in [5.74, 6) is 0.465. The molecule has 76 valence electrons. The Morgan fingerprint density at radius 2 is 2.36 bits per heavy atom. The molecule has 0 bridgehead atoms. The SMILES string of the molecule is Cc1ccc([C@@H]2CNC[C@H]2C(=O)O)o1. The van der Waals surface area contributed by atoms with E-state index in [0.29, 0.717) is 13.1 Å². The van der Waals surface area contributed by atoms with Gasteiger partial charge in [-0.2, -0.15) is 0 Å². The van der Waals surface area contributed by atoms with Crippen LogP contribution in [0.4, 0.5) is 0 Å². The Morgan fingerprint density at radius 1 is 1.57 bits per heavy atom. The first-order valence-electron chi connectivity index (χ1n) is 4.68. The van der Waals surface area contributed by atoms with Crippen LogP contribution in [-0.2, 0) is 4.79 Å². The van der Waals surface area contributed by atoms with E-state index in [0.717, 1.165) is 11.5 Å². The number of carboxylic acid groups (broad SMARTS) is 1. The van der Waals surface area contributed by atoms with Crippen LogP contribution in [0.25, 0.3) is 0 Å². The van der Waals surface area contributed by atoms with Crippen LogP contribution >= 0.6 is 0 Å². The van der Waals surface area contributed by atoms with Crippen molar-refractivity contribution in [1.82, 2.24) is 5.32 Å². The molecular formula is C10H13NO3. The Bertz CT molecular complexity index is 345. The number of carbonyl (C=O) groups is 1. The lowest BCUT2D eigenvalue weighted by Crippen LogP contribution is -2.20. The van der Waals surface area contributed by atoms with E-state index < -0.39 is 5.97 Å². The third-order valence-electron chi connectivity index (χ3n) is 2.66. The topological polar surface area (TPSA) is 62.5 Å². The fourth-order valence-electron chi connectivity index (χ4n) is 1.89. The molecule has 0 amide bonds. The molecule has 2 N–H and O–H groups in total. The summed E-state index contributed by atoms with van der Waals surface area (Å²) in [7, 11) is 0. The first-order chi connectivity index (χ1) is 6.68. The van der Waals surface area contributed by atoms with Gasteiger partial charge in [0, 0.05) is 19.0 Å². The molecule has 4 heteroatoms. The average Bonchev–Trinajstić information content (AvgIpc) is 2.70. The van der Waals surface area contributed by atoms with Gasteiger partial charge in [0.25, 0.3) is 0 Å². The molecule has 2 atom stereocenters. The molecule has 0 radical (unpaired) electrons. The van der Waals surface area contributed by atoms with Crippen molar-refractivity contribution in [2.75, 3.05) is 13.1 Å². The molecule has 0 aliphatic carbocycles. The van der Waals surface area contributed by atoms with E-state index >= 15 is 0 Å². The van der Waals surface area contributed by atoms with Crippen LogP contribution in [0.2, 0.25) is 0 Å². The standard InChI is InChI=1S/C10H13NO3/c1-6-2-3-9(14-6)7-4-11-5-8(7)10(12)13/h2-3,7-8,11H,4-5H2,1H3,(H,12,13)/t7-,8-/m1/s1. The molecule has 1 aliphatic heterocycles. The number of hydrogen-bond acceptors (Lipinski definition) is 3. The van der Waals surface area contributed by atoms with Gasteiger partial charge in [-0.05, 0) is 19.1 Å². The van der Waals surface area contributed by atoms with E-state index in [1.165, 1.54) is 0 Å². The number of carboxylic acids is 1. The van der Waals surface area contributed by atoms with Gasteiger partial charge in [-0.25, -0.2) is 0 Å². The molecule has 0 spiro atoms. The second kappa shape index (κ2) is 3.46. The summed E-state index contributed by atoms with van der Waals surface area (Å²) in [6.07, 6.45) is 0. The third-order valence-corrected chi connectivity index (χ3v) is 2.66. The molecule has 1 fully saturated rings. The molecule has 2 rings (SSSR count).